The van der Waals surface area contributed by atoms with Crippen molar-refractivity contribution < 1.29 is 13.5 Å². The van der Waals surface area contributed by atoms with E-state index < -0.39 is 10.0 Å². The molecule has 21 heavy (non-hydrogen) atoms. The fourth-order valence-corrected chi connectivity index (χ4v) is 4.41. The second-order valence-corrected chi connectivity index (χ2v) is 8.31. The maximum absolute atomic E-state index is 12.8. The van der Waals surface area contributed by atoms with Crippen molar-refractivity contribution in [3.05, 3.63) is 28.8 Å². The lowest BCUT2D eigenvalue weighted by molar-refractivity contribution is 0.280. The number of sulfonamides is 1. The Labute approximate surface area is 132 Å². The van der Waals surface area contributed by atoms with Gasteiger partial charge in [-0.15, -0.1) is 0 Å². The average Bonchev–Trinajstić information content (AvgIpc) is 2.43. The topological polar surface area (TPSA) is 57.6 Å². The Kier molecular flexibility index (Phi) is 6.71. The predicted octanol–water partition coefficient (Wildman–Crippen LogP) is 2.56. The summed E-state index contributed by atoms with van der Waals surface area (Å²) in [6.07, 6.45) is 2.83. The van der Waals surface area contributed by atoms with Crippen LogP contribution in [0, 0.1) is 13.8 Å². The summed E-state index contributed by atoms with van der Waals surface area (Å²) < 4.78 is 27.0. The minimum absolute atomic E-state index is 0.0549. The van der Waals surface area contributed by atoms with Gasteiger partial charge < -0.3 is 5.11 Å². The molecule has 0 aliphatic carbocycles. The Balaban J connectivity index is 3.18. The fourth-order valence-electron chi connectivity index (χ4n) is 2.18. The summed E-state index contributed by atoms with van der Waals surface area (Å²) in [5, 5.41) is 9.35. The molecule has 0 saturated heterocycles. The molecule has 0 fully saturated rings. The second-order valence-electron chi connectivity index (χ2n) is 5.35. The Hall–Kier alpha value is -0.560. The molecule has 0 aliphatic heterocycles. The second kappa shape index (κ2) is 7.63. The summed E-state index contributed by atoms with van der Waals surface area (Å²) in [4.78, 5) is 0.288. The first-order chi connectivity index (χ1) is 9.75. The van der Waals surface area contributed by atoms with Gasteiger partial charge >= 0.3 is 0 Å². The van der Waals surface area contributed by atoms with Crippen molar-refractivity contribution in [3.8, 4) is 0 Å². The quantitative estimate of drug-likeness (QED) is 0.834. The number of hydrogen-bond acceptors (Lipinski definition) is 4. The molecule has 0 heterocycles. The smallest absolute Gasteiger partial charge is 0.243 e. The number of aliphatic hydroxyl groups excluding tert-OH is 1. The maximum atomic E-state index is 12.8. The highest BCUT2D eigenvalue weighted by molar-refractivity contribution is 7.98. The van der Waals surface area contributed by atoms with E-state index in [1.165, 1.54) is 4.31 Å². The van der Waals surface area contributed by atoms with Crippen LogP contribution in [0.3, 0.4) is 0 Å². The van der Waals surface area contributed by atoms with E-state index in [1.54, 1.807) is 31.8 Å². The van der Waals surface area contributed by atoms with Gasteiger partial charge in [0.15, 0.2) is 0 Å². The van der Waals surface area contributed by atoms with Crippen molar-refractivity contribution >= 4 is 21.8 Å². The first kappa shape index (κ1) is 18.5. The molecule has 120 valence electrons. The molecule has 6 heteroatoms. The predicted molar refractivity (Wildman–Crippen MR) is 89.2 cm³/mol. The van der Waals surface area contributed by atoms with E-state index in [9.17, 15) is 13.5 Å². The number of aryl methyl sites for hydroxylation is 2. The van der Waals surface area contributed by atoms with E-state index in [-0.39, 0.29) is 17.5 Å². The van der Waals surface area contributed by atoms with E-state index in [4.69, 9.17) is 0 Å². The van der Waals surface area contributed by atoms with Gasteiger partial charge in [-0.3, -0.25) is 0 Å². The monoisotopic (exact) mass is 331 g/mol. The molecule has 0 aromatic heterocycles. The standard InChI is InChI=1S/C15H25NO3S2/c1-11-8-12(2)15(9-14(11)10-17)21(18,19)16(4)13(3)6-7-20-5/h8-9,13,17H,6-7,10H2,1-5H3. The van der Waals surface area contributed by atoms with Gasteiger partial charge in [0.05, 0.1) is 11.5 Å². The van der Waals surface area contributed by atoms with Crippen LogP contribution < -0.4 is 0 Å². The van der Waals surface area contributed by atoms with Crippen LogP contribution in [0.15, 0.2) is 17.0 Å². The zero-order valence-corrected chi connectivity index (χ0v) is 15.0. The normalized spacial score (nSPS) is 13.7. The van der Waals surface area contributed by atoms with Gasteiger partial charge in [0.1, 0.15) is 0 Å². The Morgan fingerprint density at radius 3 is 2.43 bits per heavy atom. The number of benzene rings is 1. The molecule has 1 rings (SSSR count). The third-order valence-corrected chi connectivity index (χ3v) is 6.58. The van der Waals surface area contributed by atoms with E-state index in [0.29, 0.717) is 11.1 Å². The highest BCUT2D eigenvalue weighted by atomic mass is 32.2. The number of nitrogens with zero attached hydrogens (tertiary/aromatic N) is 1. The largest absolute Gasteiger partial charge is 0.392 e. The Morgan fingerprint density at radius 1 is 1.29 bits per heavy atom. The highest BCUT2D eigenvalue weighted by Crippen LogP contribution is 2.25. The minimum atomic E-state index is -3.54. The van der Waals surface area contributed by atoms with Gasteiger partial charge in [0, 0.05) is 13.1 Å². The summed E-state index contributed by atoms with van der Waals surface area (Å²) in [7, 11) is -1.91. The molecule has 1 atom stereocenters. The third-order valence-electron chi connectivity index (χ3n) is 3.82. The van der Waals surface area contributed by atoms with Crippen LogP contribution in [0.1, 0.15) is 30.0 Å². The number of rotatable bonds is 7. The summed E-state index contributed by atoms with van der Waals surface area (Å²) in [5.41, 5.74) is 2.28. The summed E-state index contributed by atoms with van der Waals surface area (Å²) >= 11 is 1.71. The van der Waals surface area contributed by atoms with Crippen LogP contribution in [-0.4, -0.2) is 42.9 Å². The van der Waals surface area contributed by atoms with Crippen LogP contribution in [-0.2, 0) is 16.6 Å². The average molecular weight is 332 g/mol. The first-order valence-electron chi connectivity index (χ1n) is 6.93. The van der Waals surface area contributed by atoms with E-state index >= 15 is 0 Å². The van der Waals surface area contributed by atoms with Gasteiger partial charge in [-0.2, -0.15) is 16.1 Å². The zero-order valence-electron chi connectivity index (χ0n) is 13.4. The molecule has 1 aromatic carbocycles. The SMILES string of the molecule is CSCCC(C)N(C)S(=O)(=O)c1cc(CO)c(C)cc1C. The summed E-state index contributed by atoms with van der Waals surface area (Å²) in [6.45, 7) is 5.44. The number of hydrogen-bond donors (Lipinski definition) is 1. The molecule has 0 radical (unpaired) electrons. The zero-order chi connectivity index (χ0) is 16.2. The van der Waals surface area contributed by atoms with Crippen molar-refractivity contribution in [2.45, 2.75) is 44.7 Å². The molecule has 0 bridgehead atoms. The lowest BCUT2D eigenvalue weighted by Crippen LogP contribution is -2.35. The minimum Gasteiger partial charge on any atom is -0.392 e. The molecule has 1 unspecified atom stereocenters. The molecular weight excluding hydrogens is 306 g/mol. The van der Waals surface area contributed by atoms with Crippen LogP contribution in [0.2, 0.25) is 0 Å². The summed E-state index contributed by atoms with van der Waals surface area (Å²) in [6, 6.07) is 3.36. The van der Waals surface area contributed by atoms with Crippen LogP contribution in [0.5, 0.6) is 0 Å². The van der Waals surface area contributed by atoms with Crippen molar-refractivity contribution in [2.24, 2.45) is 0 Å². The van der Waals surface area contributed by atoms with Crippen LogP contribution in [0.4, 0.5) is 0 Å². The molecule has 0 aliphatic rings. The first-order valence-corrected chi connectivity index (χ1v) is 9.77. The van der Waals surface area contributed by atoms with E-state index in [0.717, 1.165) is 17.7 Å². The van der Waals surface area contributed by atoms with Gasteiger partial charge in [0.25, 0.3) is 0 Å². The Morgan fingerprint density at radius 2 is 1.90 bits per heavy atom. The van der Waals surface area contributed by atoms with Crippen molar-refractivity contribution in [1.29, 1.82) is 0 Å². The molecule has 1 N–H and O–H groups in total. The molecule has 0 amide bonds. The molecule has 0 spiro atoms. The van der Waals surface area contributed by atoms with E-state index in [2.05, 4.69) is 0 Å². The lowest BCUT2D eigenvalue weighted by atomic mass is 10.1. The molecule has 1 aromatic rings. The number of thioether (sulfide) groups is 1. The Bertz CT molecular complexity index is 585. The fraction of sp³-hybridized carbons (Fsp3) is 0.600. The number of aliphatic hydroxyl groups is 1. The maximum Gasteiger partial charge on any atom is 0.243 e. The van der Waals surface area contributed by atoms with Crippen molar-refractivity contribution in [2.75, 3.05) is 19.1 Å². The molecule has 0 saturated carbocycles. The van der Waals surface area contributed by atoms with Gasteiger partial charge in [-0.25, -0.2) is 8.42 Å². The lowest BCUT2D eigenvalue weighted by Gasteiger charge is -2.25. The van der Waals surface area contributed by atoms with E-state index in [1.807, 2.05) is 26.2 Å². The highest BCUT2D eigenvalue weighted by Gasteiger charge is 2.27. The molecular formula is C15H25NO3S2. The van der Waals surface area contributed by atoms with Gasteiger partial charge in [-0.05, 0) is 62.0 Å². The van der Waals surface area contributed by atoms with Crippen LogP contribution >= 0.6 is 11.8 Å². The van der Waals surface area contributed by atoms with Crippen molar-refractivity contribution in [1.82, 2.24) is 4.31 Å². The van der Waals surface area contributed by atoms with Crippen LogP contribution in [0.25, 0.3) is 0 Å². The van der Waals surface area contributed by atoms with Crippen molar-refractivity contribution in [3.63, 3.8) is 0 Å². The molecule has 4 nitrogen and oxygen atoms in total. The summed E-state index contributed by atoms with van der Waals surface area (Å²) in [5.74, 6) is 0.926. The van der Waals surface area contributed by atoms with Gasteiger partial charge in [-0.1, -0.05) is 6.07 Å². The van der Waals surface area contributed by atoms with Gasteiger partial charge in [0.2, 0.25) is 10.0 Å². The third kappa shape index (κ3) is 4.22.